The zero-order valence-corrected chi connectivity index (χ0v) is 10.8. The number of nitrogens with zero attached hydrogens (tertiary/aromatic N) is 1. The molecule has 6 heteroatoms. The van der Waals surface area contributed by atoms with Gasteiger partial charge in [0, 0.05) is 13.1 Å². The van der Waals surface area contributed by atoms with Crippen LogP contribution in [0.1, 0.15) is 39.0 Å². The van der Waals surface area contributed by atoms with Gasteiger partial charge in [-0.3, -0.25) is 0 Å². The third-order valence-electron chi connectivity index (χ3n) is 3.19. The zero-order chi connectivity index (χ0) is 13.5. The predicted molar refractivity (Wildman–Crippen MR) is 66.3 cm³/mol. The zero-order valence-electron chi connectivity index (χ0n) is 10.8. The molecule has 0 aromatic rings. The normalized spacial score (nSPS) is 18.4. The highest BCUT2D eigenvalue weighted by atomic mass is 16.4. The minimum absolute atomic E-state index is 0.342. The number of aliphatic hydroxyl groups is 1. The quantitative estimate of drug-likeness (QED) is 0.680. The minimum Gasteiger partial charge on any atom is -0.480 e. The van der Waals surface area contributed by atoms with Crippen LogP contribution in [0.25, 0.3) is 0 Å². The van der Waals surface area contributed by atoms with Crippen LogP contribution in [0.3, 0.4) is 0 Å². The molecule has 2 amide bonds. The number of amides is 2. The fraction of sp³-hybridized carbons (Fsp3) is 0.833. The molecule has 6 nitrogen and oxygen atoms in total. The first-order chi connectivity index (χ1) is 8.54. The number of carbonyl (C=O) groups excluding carboxylic acids is 1. The first-order valence-electron chi connectivity index (χ1n) is 6.51. The molecule has 1 rings (SSSR count). The molecule has 0 aromatic heterocycles. The van der Waals surface area contributed by atoms with Crippen LogP contribution in [-0.2, 0) is 4.79 Å². The molecule has 0 aromatic carbocycles. The summed E-state index contributed by atoms with van der Waals surface area (Å²) in [6.45, 7) is 2.94. The van der Waals surface area contributed by atoms with Crippen LogP contribution in [0.5, 0.6) is 0 Å². The number of aliphatic hydroxyl groups excluding tert-OH is 1. The second-order valence-electron chi connectivity index (χ2n) is 4.70. The third kappa shape index (κ3) is 4.52. The largest absolute Gasteiger partial charge is 0.480 e. The molecule has 1 fully saturated rings. The van der Waals surface area contributed by atoms with E-state index < -0.39 is 12.0 Å². The van der Waals surface area contributed by atoms with Crippen molar-refractivity contribution in [2.24, 2.45) is 0 Å². The fourth-order valence-corrected chi connectivity index (χ4v) is 1.97. The number of rotatable bonds is 5. The average molecular weight is 258 g/mol. The minimum atomic E-state index is -0.992. The number of carbonyl (C=O) groups is 2. The van der Waals surface area contributed by atoms with Crippen molar-refractivity contribution in [2.45, 2.75) is 51.2 Å². The molecular formula is C12H22N2O4. The van der Waals surface area contributed by atoms with Crippen molar-refractivity contribution < 1.29 is 19.8 Å². The summed E-state index contributed by atoms with van der Waals surface area (Å²) >= 11 is 0. The molecule has 1 heterocycles. The highest BCUT2D eigenvalue weighted by Gasteiger charge is 2.25. The van der Waals surface area contributed by atoms with Gasteiger partial charge in [0.05, 0.1) is 6.10 Å². The topological polar surface area (TPSA) is 89.9 Å². The number of nitrogens with one attached hydrogen (secondary N) is 1. The Labute approximate surface area is 107 Å². The van der Waals surface area contributed by atoms with E-state index in [1.807, 2.05) is 6.92 Å². The lowest BCUT2D eigenvalue weighted by atomic mass is 10.1. The average Bonchev–Trinajstić information content (AvgIpc) is 2.34. The van der Waals surface area contributed by atoms with Crippen LogP contribution in [0.2, 0.25) is 0 Å². The van der Waals surface area contributed by atoms with E-state index in [9.17, 15) is 14.7 Å². The van der Waals surface area contributed by atoms with Gasteiger partial charge in [-0.15, -0.1) is 0 Å². The molecule has 104 valence electrons. The summed E-state index contributed by atoms with van der Waals surface area (Å²) in [6, 6.07) is -1.16. The number of hydrogen-bond acceptors (Lipinski definition) is 3. The molecule has 1 aliphatic heterocycles. The van der Waals surface area contributed by atoms with Gasteiger partial charge in [-0.2, -0.15) is 0 Å². The van der Waals surface area contributed by atoms with Crippen LogP contribution >= 0.6 is 0 Å². The maximum atomic E-state index is 11.9. The number of carboxylic acid groups (broad SMARTS) is 1. The Balaban J connectivity index is 2.42. The van der Waals surface area contributed by atoms with Gasteiger partial charge in [0.2, 0.25) is 0 Å². The first-order valence-corrected chi connectivity index (χ1v) is 6.51. The van der Waals surface area contributed by atoms with E-state index in [4.69, 9.17) is 5.11 Å². The second-order valence-corrected chi connectivity index (χ2v) is 4.70. The molecular weight excluding hydrogens is 236 g/mol. The Kier molecular flexibility index (Phi) is 5.91. The summed E-state index contributed by atoms with van der Waals surface area (Å²) in [5.74, 6) is -0.992. The van der Waals surface area contributed by atoms with Crippen molar-refractivity contribution in [3.63, 3.8) is 0 Å². The maximum absolute atomic E-state index is 11.9. The Hall–Kier alpha value is -1.30. The van der Waals surface area contributed by atoms with E-state index in [2.05, 4.69) is 5.32 Å². The molecule has 0 bridgehead atoms. The number of piperidine rings is 1. The van der Waals surface area contributed by atoms with Crippen LogP contribution < -0.4 is 5.32 Å². The van der Waals surface area contributed by atoms with Gasteiger partial charge in [0.25, 0.3) is 0 Å². The molecule has 0 aliphatic carbocycles. The SMILES string of the molecule is CCCCC(NC(=O)N1CCC(O)CC1)C(=O)O. The summed E-state index contributed by atoms with van der Waals surface area (Å²) in [7, 11) is 0. The lowest BCUT2D eigenvalue weighted by Gasteiger charge is -2.30. The van der Waals surface area contributed by atoms with Crippen LogP contribution in [0.15, 0.2) is 0 Å². The van der Waals surface area contributed by atoms with Gasteiger partial charge in [0.1, 0.15) is 6.04 Å². The van der Waals surface area contributed by atoms with Crippen molar-refractivity contribution in [1.29, 1.82) is 0 Å². The molecule has 0 radical (unpaired) electrons. The van der Waals surface area contributed by atoms with Crippen molar-refractivity contribution in [3.8, 4) is 0 Å². The van der Waals surface area contributed by atoms with E-state index in [0.717, 1.165) is 12.8 Å². The van der Waals surface area contributed by atoms with Gasteiger partial charge in [-0.1, -0.05) is 19.8 Å². The molecule has 1 aliphatic rings. The van der Waals surface area contributed by atoms with E-state index in [-0.39, 0.29) is 12.1 Å². The smallest absolute Gasteiger partial charge is 0.326 e. The highest BCUT2D eigenvalue weighted by molar-refractivity contribution is 5.82. The standard InChI is InChI=1S/C12H22N2O4/c1-2-3-4-10(11(16)17)13-12(18)14-7-5-9(15)6-8-14/h9-10,15H,2-8H2,1H3,(H,13,18)(H,16,17). The second kappa shape index (κ2) is 7.20. The van der Waals surface area contributed by atoms with Gasteiger partial charge < -0.3 is 20.4 Å². The number of carboxylic acids is 1. The monoisotopic (exact) mass is 258 g/mol. The van der Waals surface area contributed by atoms with Gasteiger partial charge >= 0.3 is 12.0 Å². The summed E-state index contributed by atoms with van der Waals surface area (Å²) in [6.07, 6.45) is 2.89. The number of hydrogen-bond donors (Lipinski definition) is 3. The van der Waals surface area contributed by atoms with Gasteiger partial charge in [0.15, 0.2) is 0 Å². The van der Waals surface area contributed by atoms with Crippen molar-refractivity contribution in [3.05, 3.63) is 0 Å². The van der Waals surface area contributed by atoms with E-state index in [1.165, 1.54) is 0 Å². The Morgan fingerprint density at radius 3 is 2.50 bits per heavy atom. The molecule has 3 N–H and O–H groups in total. The number of unbranched alkanes of at least 4 members (excludes halogenated alkanes) is 1. The Morgan fingerprint density at radius 1 is 1.39 bits per heavy atom. The number of urea groups is 1. The molecule has 0 spiro atoms. The number of likely N-dealkylation sites (tertiary alicyclic amines) is 1. The maximum Gasteiger partial charge on any atom is 0.326 e. The number of aliphatic carboxylic acids is 1. The van der Waals surface area contributed by atoms with Crippen LogP contribution in [0.4, 0.5) is 4.79 Å². The summed E-state index contributed by atoms with van der Waals surface area (Å²) in [4.78, 5) is 24.4. The van der Waals surface area contributed by atoms with E-state index in [0.29, 0.717) is 32.4 Å². The van der Waals surface area contributed by atoms with Crippen molar-refractivity contribution >= 4 is 12.0 Å². The first kappa shape index (κ1) is 14.8. The highest BCUT2D eigenvalue weighted by Crippen LogP contribution is 2.10. The Morgan fingerprint density at radius 2 is 2.00 bits per heavy atom. The molecule has 18 heavy (non-hydrogen) atoms. The molecule has 1 saturated heterocycles. The molecule has 1 atom stereocenters. The lowest BCUT2D eigenvalue weighted by molar-refractivity contribution is -0.139. The van der Waals surface area contributed by atoms with E-state index in [1.54, 1.807) is 4.90 Å². The fourth-order valence-electron chi connectivity index (χ4n) is 1.97. The molecule has 0 saturated carbocycles. The van der Waals surface area contributed by atoms with Gasteiger partial charge in [-0.25, -0.2) is 9.59 Å². The molecule has 1 unspecified atom stereocenters. The van der Waals surface area contributed by atoms with Crippen LogP contribution in [-0.4, -0.2) is 52.3 Å². The lowest BCUT2D eigenvalue weighted by Crippen LogP contribution is -2.50. The van der Waals surface area contributed by atoms with Crippen molar-refractivity contribution in [1.82, 2.24) is 10.2 Å². The van der Waals surface area contributed by atoms with E-state index >= 15 is 0 Å². The Bertz CT molecular complexity index is 288. The third-order valence-corrected chi connectivity index (χ3v) is 3.19. The summed E-state index contributed by atoms with van der Waals surface area (Å²) in [5.41, 5.74) is 0. The van der Waals surface area contributed by atoms with Crippen molar-refractivity contribution in [2.75, 3.05) is 13.1 Å². The summed E-state index contributed by atoms with van der Waals surface area (Å²) in [5, 5.41) is 20.9. The van der Waals surface area contributed by atoms with Gasteiger partial charge in [-0.05, 0) is 19.3 Å². The predicted octanol–water partition coefficient (Wildman–Crippen LogP) is 0.796. The van der Waals surface area contributed by atoms with Crippen LogP contribution in [0, 0.1) is 0 Å². The summed E-state index contributed by atoms with van der Waals surface area (Å²) < 4.78 is 0.